The van der Waals surface area contributed by atoms with Crippen molar-refractivity contribution in [2.45, 2.75) is 374 Å². The zero-order valence-corrected chi connectivity index (χ0v) is 50.6. The number of hydrogen-bond donors (Lipinski definition) is 0. The Kier molecular flexibility index (Phi) is 62.1. The molecule has 0 saturated heterocycles. The summed E-state index contributed by atoms with van der Waals surface area (Å²) in [4.78, 5) is 38.4. The van der Waals surface area contributed by atoms with Crippen LogP contribution in [0.5, 0.6) is 0 Å². The van der Waals surface area contributed by atoms with E-state index in [2.05, 4.69) is 57.2 Å². The van der Waals surface area contributed by atoms with E-state index in [4.69, 9.17) is 14.2 Å². The molecule has 0 heterocycles. The molecule has 0 aromatic carbocycles. The number of esters is 3. The first-order valence-electron chi connectivity index (χ1n) is 33.5. The summed E-state index contributed by atoms with van der Waals surface area (Å²) in [6.45, 7) is 6.68. The van der Waals surface area contributed by atoms with Gasteiger partial charge in [-0.15, -0.1) is 0 Å². The van der Waals surface area contributed by atoms with E-state index in [1.54, 1.807) is 0 Å². The maximum absolute atomic E-state index is 12.9. The minimum absolute atomic E-state index is 0.0691. The summed E-state index contributed by atoms with van der Waals surface area (Å²) in [7, 11) is 0. The smallest absolute Gasteiger partial charge is 0.306 e. The molecule has 0 rings (SSSR count). The Balaban J connectivity index is 4.32. The molecule has 75 heavy (non-hydrogen) atoms. The molecule has 0 radical (unpaired) electrons. The van der Waals surface area contributed by atoms with Crippen molar-refractivity contribution in [1.82, 2.24) is 0 Å². The fourth-order valence-electron chi connectivity index (χ4n) is 10.1. The van der Waals surface area contributed by atoms with Crippen LogP contribution in [0.2, 0.25) is 0 Å². The van der Waals surface area contributed by atoms with Gasteiger partial charge in [-0.2, -0.15) is 0 Å². The monoisotopic (exact) mass is 1050 g/mol. The molecule has 0 amide bonds. The molecule has 0 fully saturated rings. The lowest BCUT2D eigenvalue weighted by Crippen LogP contribution is -2.30. The third-order valence-corrected chi connectivity index (χ3v) is 15.1. The molecule has 1 atom stereocenters. The fraction of sp³-hybridized carbons (Fsp3) is 0.870. The predicted octanol–water partition coefficient (Wildman–Crippen LogP) is 22.8. The molecule has 0 bridgehead atoms. The van der Waals surface area contributed by atoms with E-state index in [0.717, 1.165) is 64.2 Å². The van der Waals surface area contributed by atoms with Crippen LogP contribution < -0.4 is 0 Å². The van der Waals surface area contributed by atoms with E-state index in [0.29, 0.717) is 19.3 Å². The van der Waals surface area contributed by atoms with Crippen molar-refractivity contribution in [3.8, 4) is 0 Å². The van der Waals surface area contributed by atoms with Crippen molar-refractivity contribution in [1.29, 1.82) is 0 Å². The first kappa shape index (κ1) is 72.6. The average molecular weight is 1050 g/mol. The number of rotatable bonds is 62. The first-order valence-corrected chi connectivity index (χ1v) is 33.5. The molecule has 6 heteroatoms. The summed E-state index contributed by atoms with van der Waals surface area (Å²) in [5, 5.41) is 0. The molecule has 0 aromatic rings. The van der Waals surface area contributed by atoms with Crippen LogP contribution >= 0.6 is 0 Å². The van der Waals surface area contributed by atoms with Gasteiger partial charge in [0.05, 0.1) is 0 Å². The van der Waals surface area contributed by atoms with Gasteiger partial charge in [0.2, 0.25) is 0 Å². The molecule has 0 aromatic heterocycles. The third kappa shape index (κ3) is 62.4. The summed E-state index contributed by atoms with van der Waals surface area (Å²) in [5.41, 5.74) is 0. The Hall–Kier alpha value is -2.37. The van der Waals surface area contributed by atoms with Gasteiger partial charge in [0.15, 0.2) is 6.10 Å². The highest BCUT2D eigenvalue weighted by Crippen LogP contribution is 2.18. The van der Waals surface area contributed by atoms with Gasteiger partial charge >= 0.3 is 17.9 Å². The second-order valence-electron chi connectivity index (χ2n) is 22.7. The molecular weight excluding hydrogens is 925 g/mol. The van der Waals surface area contributed by atoms with Crippen LogP contribution in [0.15, 0.2) is 36.5 Å². The van der Waals surface area contributed by atoms with Gasteiger partial charge in [-0.1, -0.05) is 308 Å². The minimum Gasteiger partial charge on any atom is -0.462 e. The Morgan fingerprint density at radius 3 is 0.773 bits per heavy atom. The number of ether oxygens (including phenoxy) is 3. The Morgan fingerprint density at radius 1 is 0.267 bits per heavy atom. The largest absolute Gasteiger partial charge is 0.462 e. The summed E-state index contributed by atoms with van der Waals surface area (Å²) < 4.78 is 17.0. The van der Waals surface area contributed by atoms with E-state index < -0.39 is 6.10 Å². The van der Waals surface area contributed by atoms with E-state index in [1.807, 2.05) is 0 Å². The molecule has 0 aliphatic heterocycles. The van der Waals surface area contributed by atoms with Crippen molar-refractivity contribution in [2.75, 3.05) is 13.2 Å². The van der Waals surface area contributed by atoms with Crippen molar-refractivity contribution in [3.63, 3.8) is 0 Å². The first-order chi connectivity index (χ1) is 37.0. The molecule has 0 aliphatic carbocycles. The number of carbonyl (C=O) groups excluding carboxylic acids is 3. The maximum Gasteiger partial charge on any atom is 0.306 e. The Labute approximate surface area is 467 Å². The lowest BCUT2D eigenvalue weighted by molar-refractivity contribution is -0.167. The summed E-state index contributed by atoms with van der Waals surface area (Å²) in [5.74, 6) is -0.847. The second-order valence-corrected chi connectivity index (χ2v) is 22.7. The lowest BCUT2D eigenvalue weighted by Gasteiger charge is -2.18. The van der Waals surface area contributed by atoms with Gasteiger partial charge in [0, 0.05) is 19.3 Å². The third-order valence-electron chi connectivity index (χ3n) is 15.1. The summed E-state index contributed by atoms with van der Waals surface area (Å²) in [6.07, 6.45) is 78.6. The zero-order chi connectivity index (χ0) is 54.3. The summed E-state index contributed by atoms with van der Waals surface area (Å²) in [6, 6.07) is 0. The van der Waals surface area contributed by atoms with Crippen LogP contribution in [-0.4, -0.2) is 37.2 Å². The summed E-state index contributed by atoms with van der Waals surface area (Å²) >= 11 is 0. The van der Waals surface area contributed by atoms with E-state index in [1.165, 1.54) is 263 Å². The van der Waals surface area contributed by atoms with E-state index in [9.17, 15) is 14.4 Å². The molecule has 440 valence electrons. The van der Waals surface area contributed by atoms with Gasteiger partial charge in [-0.25, -0.2) is 0 Å². The maximum atomic E-state index is 12.9. The highest BCUT2D eigenvalue weighted by atomic mass is 16.6. The van der Waals surface area contributed by atoms with E-state index in [-0.39, 0.29) is 31.1 Å². The van der Waals surface area contributed by atoms with Crippen molar-refractivity contribution < 1.29 is 28.6 Å². The molecule has 0 N–H and O–H groups in total. The standard InChI is InChI=1S/C69H128O6/c1-4-7-10-13-16-19-22-25-28-31-33-34-36-38-41-44-47-50-53-56-59-62-68(71)74-65-66(64-73-67(70)61-58-55-52-49-46-43-40-37-30-27-24-21-18-15-12-9-6-3)75-69(72)63-60-57-54-51-48-45-42-39-35-32-29-26-23-20-17-14-11-8-5-2/h17,20,25-26,28-29,66H,4-16,18-19,21-24,27,30-65H2,1-3H3/b20-17-,28-25-,29-26-/t66-/m0/s1. The fourth-order valence-corrected chi connectivity index (χ4v) is 10.1. The molecule has 0 spiro atoms. The molecular formula is C69H128O6. The van der Waals surface area contributed by atoms with Crippen molar-refractivity contribution in [2.24, 2.45) is 0 Å². The minimum atomic E-state index is -0.773. The van der Waals surface area contributed by atoms with Crippen molar-refractivity contribution in [3.05, 3.63) is 36.5 Å². The predicted molar refractivity (Wildman–Crippen MR) is 326 cm³/mol. The number of carbonyl (C=O) groups is 3. The molecule has 0 aliphatic rings. The van der Waals surface area contributed by atoms with E-state index >= 15 is 0 Å². The molecule has 0 unspecified atom stereocenters. The topological polar surface area (TPSA) is 78.9 Å². The van der Waals surface area contributed by atoms with Crippen LogP contribution in [0.3, 0.4) is 0 Å². The average Bonchev–Trinajstić information content (AvgIpc) is 3.41. The van der Waals surface area contributed by atoms with Gasteiger partial charge in [0.25, 0.3) is 0 Å². The second kappa shape index (κ2) is 64.2. The van der Waals surface area contributed by atoms with Crippen LogP contribution in [0, 0.1) is 0 Å². The van der Waals surface area contributed by atoms with Crippen LogP contribution in [0.1, 0.15) is 367 Å². The highest BCUT2D eigenvalue weighted by Gasteiger charge is 2.19. The van der Waals surface area contributed by atoms with Gasteiger partial charge in [0.1, 0.15) is 13.2 Å². The van der Waals surface area contributed by atoms with Crippen LogP contribution in [-0.2, 0) is 28.6 Å². The van der Waals surface area contributed by atoms with Crippen LogP contribution in [0.25, 0.3) is 0 Å². The number of hydrogen-bond acceptors (Lipinski definition) is 6. The molecule has 6 nitrogen and oxygen atoms in total. The number of allylic oxidation sites excluding steroid dienone is 6. The lowest BCUT2D eigenvalue weighted by atomic mass is 10.0. The normalized spacial score (nSPS) is 12.2. The quantitative estimate of drug-likeness (QED) is 0.0261. The van der Waals surface area contributed by atoms with Gasteiger partial charge in [-0.3, -0.25) is 14.4 Å². The zero-order valence-electron chi connectivity index (χ0n) is 50.6. The van der Waals surface area contributed by atoms with Crippen molar-refractivity contribution >= 4 is 17.9 Å². The SMILES string of the molecule is CCCCC/C=C\C/C=C\CCCCCCCCCCCC(=O)O[C@H](COC(=O)CCCCCCCCCCCCC/C=C\CCCCCCCC)COC(=O)CCCCCCCCCCCCCCCCCCC. The van der Waals surface area contributed by atoms with Crippen LogP contribution in [0.4, 0.5) is 0 Å². The van der Waals surface area contributed by atoms with Gasteiger partial charge in [-0.05, 0) is 77.0 Å². The van der Waals surface area contributed by atoms with Gasteiger partial charge < -0.3 is 14.2 Å². The Bertz CT molecular complexity index is 1250. The number of unbranched alkanes of at least 4 members (excludes halogenated alkanes) is 45. The molecule has 0 saturated carbocycles. The highest BCUT2D eigenvalue weighted by molar-refractivity contribution is 5.71. The Morgan fingerprint density at radius 2 is 0.480 bits per heavy atom.